The molecule has 0 saturated carbocycles. The number of imide groups is 1. The third-order valence-electron chi connectivity index (χ3n) is 5.01. The van der Waals surface area contributed by atoms with Crippen LogP contribution in [0.1, 0.15) is 18.9 Å². The van der Waals surface area contributed by atoms with Gasteiger partial charge in [0.25, 0.3) is 5.91 Å². The molecule has 1 atom stereocenters. The lowest BCUT2D eigenvalue weighted by molar-refractivity contribution is -0.134. The molecule has 8 nitrogen and oxygen atoms in total. The van der Waals surface area contributed by atoms with E-state index in [4.69, 9.17) is 21.1 Å². The first-order valence-corrected chi connectivity index (χ1v) is 9.64. The quantitative estimate of drug-likeness (QED) is 0.656. The van der Waals surface area contributed by atoms with E-state index in [9.17, 15) is 14.4 Å². The third-order valence-corrected chi connectivity index (χ3v) is 5.24. The van der Waals surface area contributed by atoms with Crippen molar-refractivity contribution >= 4 is 35.1 Å². The van der Waals surface area contributed by atoms with Crippen LogP contribution >= 0.6 is 11.6 Å². The van der Waals surface area contributed by atoms with Gasteiger partial charge < -0.3 is 20.1 Å². The minimum Gasteiger partial charge on any atom is -0.497 e. The highest BCUT2D eigenvalue weighted by molar-refractivity contribution is 6.30. The van der Waals surface area contributed by atoms with Gasteiger partial charge in [-0.15, -0.1) is 0 Å². The van der Waals surface area contributed by atoms with Crippen LogP contribution in [0.15, 0.2) is 42.5 Å². The van der Waals surface area contributed by atoms with Crippen molar-refractivity contribution in [3.63, 3.8) is 0 Å². The van der Waals surface area contributed by atoms with Crippen molar-refractivity contribution in [3.8, 4) is 11.5 Å². The van der Waals surface area contributed by atoms with E-state index in [1.807, 2.05) is 0 Å². The molecule has 4 amide bonds. The number of carbonyl (C=O) groups excluding carboxylic acids is 3. The number of methoxy groups -OCH3 is 2. The first-order chi connectivity index (χ1) is 14.3. The first kappa shape index (κ1) is 21.4. The van der Waals surface area contributed by atoms with Crippen LogP contribution in [0.4, 0.5) is 10.5 Å². The number of rotatable bonds is 7. The molecule has 0 radical (unpaired) electrons. The van der Waals surface area contributed by atoms with Crippen LogP contribution in [-0.2, 0) is 15.1 Å². The van der Waals surface area contributed by atoms with Gasteiger partial charge in [0.1, 0.15) is 23.6 Å². The molecule has 1 fully saturated rings. The number of hydrogen-bond donors (Lipinski definition) is 2. The molecule has 0 spiro atoms. The van der Waals surface area contributed by atoms with Crippen molar-refractivity contribution < 1.29 is 23.9 Å². The van der Waals surface area contributed by atoms with Crippen LogP contribution in [0.25, 0.3) is 0 Å². The Labute approximate surface area is 179 Å². The number of anilines is 1. The first-order valence-electron chi connectivity index (χ1n) is 9.26. The summed E-state index contributed by atoms with van der Waals surface area (Å²) < 4.78 is 10.4. The predicted octanol–water partition coefficient (Wildman–Crippen LogP) is 3.15. The number of carbonyl (C=O) groups is 3. The maximum absolute atomic E-state index is 13.2. The van der Waals surface area contributed by atoms with E-state index < -0.39 is 29.9 Å². The van der Waals surface area contributed by atoms with E-state index in [2.05, 4.69) is 10.6 Å². The molecular formula is C21H22ClN3O5. The molecule has 1 aliphatic heterocycles. The normalized spacial score (nSPS) is 18.2. The number of nitrogens with zero attached hydrogens (tertiary/aromatic N) is 1. The molecule has 0 unspecified atom stereocenters. The average molecular weight is 432 g/mol. The van der Waals surface area contributed by atoms with Crippen LogP contribution < -0.4 is 20.1 Å². The summed E-state index contributed by atoms with van der Waals surface area (Å²) in [6, 6.07) is 11.0. The van der Waals surface area contributed by atoms with Gasteiger partial charge >= 0.3 is 6.03 Å². The summed E-state index contributed by atoms with van der Waals surface area (Å²) in [6.45, 7) is 1.33. The molecule has 1 aliphatic rings. The van der Waals surface area contributed by atoms with Crippen LogP contribution in [0.3, 0.4) is 0 Å². The molecule has 1 heterocycles. The summed E-state index contributed by atoms with van der Waals surface area (Å²) in [5.74, 6) is -0.122. The van der Waals surface area contributed by atoms with Gasteiger partial charge in [0.15, 0.2) is 0 Å². The van der Waals surface area contributed by atoms with E-state index in [1.54, 1.807) is 49.4 Å². The summed E-state index contributed by atoms with van der Waals surface area (Å²) in [5, 5.41) is 5.83. The van der Waals surface area contributed by atoms with Gasteiger partial charge in [-0.25, -0.2) is 4.79 Å². The van der Waals surface area contributed by atoms with E-state index in [-0.39, 0.29) is 0 Å². The Balaban J connectivity index is 1.81. The van der Waals surface area contributed by atoms with E-state index in [0.29, 0.717) is 34.2 Å². The van der Waals surface area contributed by atoms with Crippen molar-refractivity contribution in [1.29, 1.82) is 0 Å². The summed E-state index contributed by atoms with van der Waals surface area (Å²) in [5.41, 5.74) is -0.339. The minimum atomic E-state index is -1.27. The Hall–Kier alpha value is -3.26. The van der Waals surface area contributed by atoms with Gasteiger partial charge in [0.2, 0.25) is 5.91 Å². The maximum atomic E-state index is 13.2. The van der Waals surface area contributed by atoms with Gasteiger partial charge in [0.05, 0.1) is 19.9 Å². The van der Waals surface area contributed by atoms with Gasteiger partial charge in [-0.2, -0.15) is 0 Å². The fourth-order valence-corrected chi connectivity index (χ4v) is 3.60. The van der Waals surface area contributed by atoms with Gasteiger partial charge in [-0.1, -0.05) is 30.7 Å². The van der Waals surface area contributed by atoms with E-state index in [1.165, 1.54) is 14.2 Å². The maximum Gasteiger partial charge on any atom is 0.325 e. The average Bonchev–Trinajstić information content (AvgIpc) is 2.98. The zero-order chi connectivity index (χ0) is 21.9. The van der Waals surface area contributed by atoms with Crippen molar-refractivity contribution in [2.24, 2.45) is 0 Å². The molecule has 30 heavy (non-hydrogen) atoms. The minimum absolute atomic E-state index is 0.305. The summed E-state index contributed by atoms with van der Waals surface area (Å²) in [6.07, 6.45) is 0.305. The summed E-state index contributed by atoms with van der Waals surface area (Å²) >= 11 is 6.07. The van der Waals surface area contributed by atoms with Crippen LogP contribution in [0.2, 0.25) is 5.02 Å². The van der Waals surface area contributed by atoms with Crippen molar-refractivity contribution in [2.45, 2.75) is 18.9 Å². The number of benzene rings is 2. The summed E-state index contributed by atoms with van der Waals surface area (Å²) in [4.78, 5) is 39.2. The second-order valence-corrected chi connectivity index (χ2v) is 7.14. The van der Waals surface area contributed by atoms with E-state index in [0.717, 1.165) is 4.90 Å². The fourth-order valence-electron chi connectivity index (χ4n) is 3.41. The number of amides is 4. The monoisotopic (exact) mass is 431 g/mol. The number of nitrogens with one attached hydrogen (secondary N) is 2. The zero-order valence-electron chi connectivity index (χ0n) is 16.8. The topological polar surface area (TPSA) is 97.0 Å². The Kier molecular flexibility index (Phi) is 6.17. The zero-order valence-corrected chi connectivity index (χ0v) is 17.6. The van der Waals surface area contributed by atoms with Crippen LogP contribution in [0, 0.1) is 0 Å². The Morgan fingerprint density at radius 1 is 1.17 bits per heavy atom. The highest BCUT2D eigenvalue weighted by Crippen LogP contribution is 2.34. The highest BCUT2D eigenvalue weighted by Gasteiger charge is 2.51. The Morgan fingerprint density at radius 3 is 2.57 bits per heavy atom. The van der Waals surface area contributed by atoms with Crippen molar-refractivity contribution in [2.75, 3.05) is 26.1 Å². The van der Waals surface area contributed by atoms with E-state index >= 15 is 0 Å². The molecule has 2 aromatic rings. The molecular weight excluding hydrogens is 410 g/mol. The summed E-state index contributed by atoms with van der Waals surface area (Å²) in [7, 11) is 2.97. The van der Waals surface area contributed by atoms with Crippen molar-refractivity contribution in [3.05, 3.63) is 53.1 Å². The lowest BCUT2D eigenvalue weighted by atomic mass is 9.87. The second kappa shape index (κ2) is 8.62. The lowest BCUT2D eigenvalue weighted by Gasteiger charge is -2.26. The predicted molar refractivity (Wildman–Crippen MR) is 112 cm³/mol. The molecule has 0 aromatic heterocycles. The molecule has 2 aromatic carbocycles. The number of ether oxygens (including phenoxy) is 2. The van der Waals surface area contributed by atoms with Crippen LogP contribution in [0.5, 0.6) is 11.5 Å². The standard InChI is InChI=1S/C21H22ClN3O5/c1-4-21(13-6-5-7-14(22)10-13)19(27)25(20(28)24-21)12-18(26)23-16-11-15(29-2)8-9-17(16)30-3/h5-11H,4,12H2,1-3H3,(H,23,26)(H,24,28)/t21-/m1/s1. The van der Waals surface area contributed by atoms with Crippen molar-refractivity contribution in [1.82, 2.24) is 10.2 Å². The number of urea groups is 1. The molecule has 1 saturated heterocycles. The largest absolute Gasteiger partial charge is 0.497 e. The molecule has 0 bridgehead atoms. The highest BCUT2D eigenvalue weighted by atomic mass is 35.5. The lowest BCUT2D eigenvalue weighted by Crippen LogP contribution is -2.44. The number of halogens is 1. The molecule has 9 heteroatoms. The Bertz CT molecular complexity index is 996. The second-order valence-electron chi connectivity index (χ2n) is 6.71. The van der Waals surface area contributed by atoms with Gasteiger partial charge in [-0.05, 0) is 36.2 Å². The molecule has 2 N–H and O–H groups in total. The van der Waals surface area contributed by atoms with Gasteiger partial charge in [0, 0.05) is 11.1 Å². The fraction of sp³-hybridized carbons (Fsp3) is 0.286. The third kappa shape index (κ3) is 3.91. The van der Waals surface area contributed by atoms with Crippen LogP contribution in [-0.4, -0.2) is 43.5 Å². The molecule has 0 aliphatic carbocycles. The smallest absolute Gasteiger partial charge is 0.325 e. The molecule has 158 valence electrons. The Morgan fingerprint density at radius 2 is 1.93 bits per heavy atom. The number of hydrogen-bond acceptors (Lipinski definition) is 5. The SMILES string of the molecule is CC[C@]1(c2cccc(Cl)c2)NC(=O)N(CC(=O)Nc2cc(OC)ccc2OC)C1=O. The van der Waals surface area contributed by atoms with Gasteiger partial charge in [-0.3, -0.25) is 14.5 Å². The molecule has 3 rings (SSSR count).